The fourth-order valence-electron chi connectivity index (χ4n) is 1.92. The lowest BCUT2D eigenvalue weighted by Gasteiger charge is -2.09. The molecule has 0 aliphatic heterocycles. The Bertz CT molecular complexity index is 613. The van der Waals surface area contributed by atoms with Gasteiger partial charge in [0.2, 0.25) is 0 Å². The third-order valence-corrected chi connectivity index (χ3v) is 3.21. The van der Waals surface area contributed by atoms with Gasteiger partial charge in [0.1, 0.15) is 11.8 Å². The fourth-order valence-corrected chi connectivity index (χ4v) is 1.92. The Hall–Kier alpha value is -2.22. The maximum atomic E-state index is 10.6. The molecule has 2 aromatic rings. The van der Waals surface area contributed by atoms with Gasteiger partial charge >= 0.3 is 5.97 Å². The number of hydrogen-bond acceptors (Lipinski definition) is 6. The maximum Gasteiger partial charge on any atom is 0.305 e. The van der Waals surface area contributed by atoms with E-state index < -0.39 is 5.97 Å². The van der Waals surface area contributed by atoms with Crippen molar-refractivity contribution in [2.24, 2.45) is 5.92 Å². The molecule has 0 saturated heterocycles. The maximum absolute atomic E-state index is 10.6. The molecular weight excluding hydrogens is 274 g/mol. The molecule has 0 amide bonds. The number of carboxylic acids is 1. The number of aryl methyl sites for hydroxylation is 1. The summed E-state index contributed by atoms with van der Waals surface area (Å²) in [5, 5.41) is 20.9. The fraction of sp³-hybridized carbons (Fsp3) is 0.538. The number of aliphatic hydroxyl groups excluding tert-OH is 1. The minimum Gasteiger partial charge on any atom is -0.481 e. The second kappa shape index (κ2) is 6.98. The minimum atomic E-state index is -0.859. The van der Waals surface area contributed by atoms with Crippen LogP contribution in [0.3, 0.4) is 0 Å². The standard InChI is InChI=1S/C13H19N5O3/c1-9(6-19)2-4-14-12-11-13(16-7-15-12)18(8-17-11)5-3-10(20)21/h7-9,19H,2-6H2,1H3,(H,20,21)(H,14,15,16)/t9-/m1/s1. The van der Waals surface area contributed by atoms with Gasteiger partial charge in [-0.2, -0.15) is 0 Å². The van der Waals surface area contributed by atoms with Gasteiger partial charge in [-0.05, 0) is 12.3 Å². The zero-order valence-corrected chi connectivity index (χ0v) is 11.9. The summed E-state index contributed by atoms with van der Waals surface area (Å²) in [7, 11) is 0. The molecular formula is C13H19N5O3. The highest BCUT2D eigenvalue weighted by atomic mass is 16.4. The van der Waals surface area contributed by atoms with Crippen LogP contribution in [0.25, 0.3) is 11.2 Å². The van der Waals surface area contributed by atoms with E-state index in [9.17, 15) is 4.79 Å². The number of aromatic nitrogens is 4. The first-order chi connectivity index (χ1) is 10.1. The molecule has 8 nitrogen and oxygen atoms in total. The Labute approximate surface area is 121 Å². The van der Waals surface area contributed by atoms with Crippen LogP contribution in [0, 0.1) is 5.92 Å². The molecule has 1 atom stereocenters. The Morgan fingerprint density at radius 2 is 2.24 bits per heavy atom. The monoisotopic (exact) mass is 293 g/mol. The van der Waals surface area contributed by atoms with E-state index in [1.807, 2.05) is 6.92 Å². The normalized spacial score (nSPS) is 12.5. The number of hydrogen-bond donors (Lipinski definition) is 3. The molecule has 8 heteroatoms. The second-order valence-corrected chi connectivity index (χ2v) is 4.98. The van der Waals surface area contributed by atoms with Crippen molar-refractivity contribution >= 4 is 23.0 Å². The van der Waals surface area contributed by atoms with Crippen molar-refractivity contribution in [1.29, 1.82) is 0 Å². The van der Waals surface area contributed by atoms with Gasteiger partial charge in [0, 0.05) is 19.7 Å². The number of carboxylic acid groups (broad SMARTS) is 1. The Morgan fingerprint density at radius 3 is 2.95 bits per heavy atom. The van der Waals surface area contributed by atoms with E-state index in [1.165, 1.54) is 6.33 Å². The molecule has 114 valence electrons. The number of anilines is 1. The molecule has 3 N–H and O–H groups in total. The molecule has 0 radical (unpaired) electrons. The van der Waals surface area contributed by atoms with Crippen LogP contribution in [-0.2, 0) is 11.3 Å². The largest absolute Gasteiger partial charge is 0.481 e. The van der Waals surface area contributed by atoms with Gasteiger partial charge in [0.15, 0.2) is 11.5 Å². The van der Waals surface area contributed by atoms with Crippen molar-refractivity contribution in [3.05, 3.63) is 12.7 Å². The van der Waals surface area contributed by atoms with Crippen molar-refractivity contribution in [3.8, 4) is 0 Å². The summed E-state index contributed by atoms with van der Waals surface area (Å²) in [6, 6.07) is 0. The number of carbonyl (C=O) groups is 1. The Morgan fingerprint density at radius 1 is 1.43 bits per heavy atom. The number of aliphatic carboxylic acids is 1. The highest BCUT2D eigenvalue weighted by molar-refractivity contribution is 5.82. The summed E-state index contributed by atoms with van der Waals surface area (Å²) in [6.45, 7) is 3.13. The molecule has 0 aliphatic carbocycles. The van der Waals surface area contributed by atoms with E-state index in [0.717, 1.165) is 6.42 Å². The Kier molecular flexibility index (Phi) is 5.04. The predicted octanol–water partition coefficient (Wildman–Crippen LogP) is 0.731. The number of nitrogens with one attached hydrogen (secondary N) is 1. The van der Waals surface area contributed by atoms with Gasteiger partial charge in [0.25, 0.3) is 0 Å². The van der Waals surface area contributed by atoms with Crippen LogP contribution in [0.15, 0.2) is 12.7 Å². The lowest BCUT2D eigenvalue weighted by atomic mass is 10.1. The number of aliphatic hydroxyl groups is 1. The number of nitrogens with zero attached hydrogens (tertiary/aromatic N) is 4. The summed E-state index contributed by atoms with van der Waals surface area (Å²) in [5.41, 5.74) is 1.24. The summed E-state index contributed by atoms with van der Waals surface area (Å²) >= 11 is 0. The summed E-state index contributed by atoms with van der Waals surface area (Å²) in [5.74, 6) is -0.00980. The van der Waals surface area contributed by atoms with E-state index in [1.54, 1.807) is 10.9 Å². The van der Waals surface area contributed by atoms with Crippen LogP contribution >= 0.6 is 0 Å². The van der Waals surface area contributed by atoms with Crippen molar-refractivity contribution in [2.45, 2.75) is 26.3 Å². The number of rotatable bonds is 8. The second-order valence-electron chi connectivity index (χ2n) is 4.98. The van der Waals surface area contributed by atoms with Crippen LogP contribution in [0.2, 0.25) is 0 Å². The van der Waals surface area contributed by atoms with E-state index in [-0.39, 0.29) is 18.9 Å². The molecule has 2 aromatic heterocycles. The smallest absolute Gasteiger partial charge is 0.305 e. The van der Waals surface area contributed by atoms with Crippen molar-refractivity contribution in [1.82, 2.24) is 19.5 Å². The average molecular weight is 293 g/mol. The van der Waals surface area contributed by atoms with Crippen LogP contribution < -0.4 is 5.32 Å². The lowest BCUT2D eigenvalue weighted by Crippen LogP contribution is -2.11. The van der Waals surface area contributed by atoms with Gasteiger partial charge in [-0.3, -0.25) is 4.79 Å². The van der Waals surface area contributed by atoms with E-state index >= 15 is 0 Å². The predicted molar refractivity (Wildman–Crippen MR) is 76.9 cm³/mol. The average Bonchev–Trinajstić information content (AvgIpc) is 2.89. The summed E-state index contributed by atoms with van der Waals surface area (Å²) in [4.78, 5) is 23.2. The van der Waals surface area contributed by atoms with Gasteiger partial charge in [-0.1, -0.05) is 6.92 Å². The zero-order valence-electron chi connectivity index (χ0n) is 11.9. The molecule has 0 aliphatic rings. The highest BCUT2D eigenvalue weighted by Gasteiger charge is 2.11. The van der Waals surface area contributed by atoms with Crippen molar-refractivity contribution < 1.29 is 15.0 Å². The molecule has 0 bridgehead atoms. The first kappa shape index (κ1) is 15.2. The van der Waals surface area contributed by atoms with E-state index in [0.29, 0.717) is 30.1 Å². The van der Waals surface area contributed by atoms with Crippen LogP contribution in [0.5, 0.6) is 0 Å². The molecule has 0 spiro atoms. The third kappa shape index (κ3) is 3.88. The first-order valence-electron chi connectivity index (χ1n) is 6.84. The topological polar surface area (TPSA) is 113 Å². The molecule has 2 heterocycles. The molecule has 21 heavy (non-hydrogen) atoms. The molecule has 0 saturated carbocycles. The van der Waals surface area contributed by atoms with Gasteiger partial charge in [-0.25, -0.2) is 15.0 Å². The molecule has 0 aromatic carbocycles. The third-order valence-electron chi connectivity index (χ3n) is 3.21. The molecule has 0 fully saturated rings. The molecule has 0 unspecified atom stereocenters. The zero-order chi connectivity index (χ0) is 15.2. The molecule has 2 rings (SSSR count). The lowest BCUT2D eigenvalue weighted by molar-refractivity contribution is -0.137. The van der Waals surface area contributed by atoms with Crippen LogP contribution in [0.4, 0.5) is 5.82 Å². The highest BCUT2D eigenvalue weighted by Crippen LogP contribution is 2.17. The summed E-state index contributed by atoms with van der Waals surface area (Å²) < 4.78 is 1.70. The van der Waals surface area contributed by atoms with E-state index in [2.05, 4.69) is 20.3 Å². The first-order valence-corrected chi connectivity index (χ1v) is 6.84. The SMILES string of the molecule is C[C@@H](CO)CCNc1ncnc2c1ncn2CCC(=O)O. The van der Waals surface area contributed by atoms with Crippen molar-refractivity contribution in [3.63, 3.8) is 0 Å². The minimum absolute atomic E-state index is 0.0201. The Balaban J connectivity index is 2.09. The summed E-state index contributed by atoms with van der Waals surface area (Å²) in [6.07, 6.45) is 3.84. The van der Waals surface area contributed by atoms with Gasteiger partial charge in [-0.15, -0.1) is 0 Å². The van der Waals surface area contributed by atoms with Gasteiger partial charge in [0.05, 0.1) is 12.7 Å². The van der Waals surface area contributed by atoms with E-state index in [4.69, 9.17) is 10.2 Å². The quantitative estimate of drug-likeness (QED) is 0.657. The van der Waals surface area contributed by atoms with Crippen LogP contribution in [-0.4, -0.2) is 48.9 Å². The van der Waals surface area contributed by atoms with Crippen molar-refractivity contribution in [2.75, 3.05) is 18.5 Å². The van der Waals surface area contributed by atoms with Crippen LogP contribution in [0.1, 0.15) is 19.8 Å². The number of fused-ring (bicyclic) bond motifs is 1. The number of imidazole rings is 1. The van der Waals surface area contributed by atoms with Gasteiger partial charge < -0.3 is 20.1 Å².